The van der Waals surface area contributed by atoms with Gasteiger partial charge >= 0.3 is 0 Å². The molecule has 4 heteroatoms. The van der Waals surface area contributed by atoms with Crippen LogP contribution >= 0.6 is 0 Å². The van der Waals surface area contributed by atoms with Crippen molar-refractivity contribution < 1.29 is 19.7 Å². The minimum absolute atomic E-state index is 0.0488. The molecule has 1 unspecified atom stereocenters. The van der Waals surface area contributed by atoms with Gasteiger partial charge in [0.25, 0.3) is 0 Å². The lowest BCUT2D eigenvalue weighted by Crippen LogP contribution is -2.35. The van der Waals surface area contributed by atoms with Crippen LogP contribution in [0.15, 0.2) is 24.3 Å². The molecule has 1 aromatic rings. The Labute approximate surface area is 120 Å². The van der Waals surface area contributed by atoms with E-state index in [1.165, 1.54) is 0 Å². The molecule has 112 valence electrons. The predicted octanol–water partition coefficient (Wildman–Crippen LogP) is 2.57. The van der Waals surface area contributed by atoms with Crippen LogP contribution in [-0.4, -0.2) is 34.8 Å². The van der Waals surface area contributed by atoms with Gasteiger partial charge in [-0.2, -0.15) is 0 Å². The van der Waals surface area contributed by atoms with Gasteiger partial charge in [-0.3, -0.25) is 4.79 Å². The molecule has 4 nitrogen and oxygen atoms in total. The Morgan fingerprint density at radius 2 is 1.90 bits per heavy atom. The molecule has 0 fully saturated rings. The van der Waals surface area contributed by atoms with Crippen LogP contribution in [0.2, 0.25) is 0 Å². The van der Waals surface area contributed by atoms with Gasteiger partial charge in [0.2, 0.25) is 0 Å². The Morgan fingerprint density at radius 1 is 1.25 bits per heavy atom. The van der Waals surface area contributed by atoms with E-state index in [1.54, 1.807) is 31.2 Å². The van der Waals surface area contributed by atoms with Gasteiger partial charge in [-0.15, -0.1) is 0 Å². The third-order valence-corrected chi connectivity index (χ3v) is 3.23. The molecular formula is C16H24O4. The zero-order chi connectivity index (χ0) is 15.0. The molecule has 0 aliphatic heterocycles. The van der Waals surface area contributed by atoms with Crippen LogP contribution < -0.4 is 4.74 Å². The number of Topliss-reactive ketones (excluding diaryl/α,β-unsaturated/α-hetero) is 1. The van der Waals surface area contributed by atoms with Gasteiger partial charge in [0.1, 0.15) is 18.0 Å². The molecular weight excluding hydrogens is 256 g/mol. The van der Waals surface area contributed by atoms with E-state index in [9.17, 15) is 9.90 Å². The summed E-state index contributed by atoms with van der Waals surface area (Å²) >= 11 is 0. The van der Waals surface area contributed by atoms with Gasteiger partial charge in [-0.1, -0.05) is 26.2 Å². The molecule has 20 heavy (non-hydrogen) atoms. The van der Waals surface area contributed by atoms with Crippen LogP contribution in [0.25, 0.3) is 0 Å². The number of aliphatic hydroxyl groups excluding tert-OH is 1. The normalized spacial score (nSPS) is 13.8. The smallest absolute Gasteiger partial charge is 0.194 e. The maximum absolute atomic E-state index is 12.3. The van der Waals surface area contributed by atoms with Gasteiger partial charge in [0.05, 0.1) is 6.61 Å². The fraction of sp³-hybridized carbons (Fsp3) is 0.562. The molecule has 1 aromatic carbocycles. The number of ether oxygens (including phenoxy) is 1. The molecule has 0 amide bonds. The van der Waals surface area contributed by atoms with Crippen molar-refractivity contribution in [3.05, 3.63) is 29.8 Å². The lowest BCUT2D eigenvalue weighted by molar-refractivity contribution is 0.0355. The number of carbonyl (C=O) groups is 1. The molecule has 1 atom stereocenters. The summed E-state index contributed by atoms with van der Waals surface area (Å²) in [5.41, 5.74) is -0.842. The van der Waals surface area contributed by atoms with Crippen LogP contribution in [0.5, 0.6) is 5.75 Å². The van der Waals surface area contributed by atoms with Gasteiger partial charge in [0, 0.05) is 5.56 Å². The Bertz CT molecular complexity index is 409. The van der Waals surface area contributed by atoms with Gasteiger partial charge in [-0.25, -0.2) is 0 Å². The van der Waals surface area contributed by atoms with Crippen molar-refractivity contribution in [1.29, 1.82) is 0 Å². The zero-order valence-electron chi connectivity index (χ0n) is 12.3. The second-order valence-electron chi connectivity index (χ2n) is 5.16. The van der Waals surface area contributed by atoms with Crippen LogP contribution in [-0.2, 0) is 0 Å². The van der Waals surface area contributed by atoms with E-state index in [2.05, 4.69) is 6.92 Å². The number of hydrogen-bond acceptors (Lipinski definition) is 4. The first kappa shape index (κ1) is 16.7. The Balaban J connectivity index is 2.66. The average Bonchev–Trinajstić information content (AvgIpc) is 2.45. The second-order valence-corrected chi connectivity index (χ2v) is 5.16. The van der Waals surface area contributed by atoms with Crippen molar-refractivity contribution in [2.45, 2.75) is 45.1 Å². The number of aliphatic hydroxyl groups is 2. The van der Waals surface area contributed by atoms with Crippen molar-refractivity contribution >= 4 is 5.78 Å². The molecule has 0 aliphatic carbocycles. The summed E-state index contributed by atoms with van der Waals surface area (Å²) in [6.07, 6.45) is 3.38. The van der Waals surface area contributed by atoms with Crippen LogP contribution in [0.3, 0.4) is 0 Å². The van der Waals surface area contributed by atoms with Crippen LogP contribution in [0.1, 0.15) is 49.9 Å². The Hall–Kier alpha value is -1.39. The van der Waals surface area contributed by atoms with E-state index in [4.69, 9.17) is 9.84 Å². The first-order chi connectivity index (χ1) is 9.51. The van der Waals surface area contributed by atoms with E-state index < -0.39 is 5.60 Å². The summed E-state index contributed by atoms with van der Waals surface area (Å²) in [5.74, 6) is 0.337. The predicted molar refractivity (Wildman–Crippen MR) is 78.1 cm³/mol. The summed E-state index contributed by atoms with van der Waals surface area (Å²) in [6.45, 7) is 3.83. The molecule has 2 N–H and O–H groups in total. The number of ketones is 1. The molecule has 0 aliphatic rings. The summed E-state index contributed by atoms with van der Waals surface area (Å²) in [6, 6.07) is 6.63. The molecule has 1 rings (SSSR count). The standard InChI is InChI=1S/C16H24O4/c1-3-4-5-10-16(2,19)15(18)13-6-8-14(9-7-13)20-12-11-17/h6-9,17,19H,3-5,10-12H2,1-2H3. The highest BCUT2D eigenvalue weighted by molar-refractivity contribution is 6.02. The van der Waals surface area contributed by atoms with Crippen molar-refractivity contribution in [2.24, 2.45) is 0 Å². The molecule has 0 spiro atoms. The number of unbranched alkanes of at least 4 members (excludes halogenated alkanes) is 2. The molecule has 0 aromatic heterocycles. The first-order valence-electron chi connectivity index (χ1n) is 7.12. The second kappa shape index (κ2) is 8.02. The molecule has 0 heterocycles. The number of rotatable bonds is 9. The maximum atomic E-state index is 12.3. The largest absolute Gasteiger partial charge is 0.491 e. The van der Waals surface area contributed by atoms with E-state index >= 15 is 0 Å². The minimum Gasteiger partial charge on any atom is -0.491 e. The van der Waals surface area contributed by atoms with Crippen LogP contribution in [0, 0.1) is 0 Å². The Kier molecular flexibility index (Phi) is 6.68. The summed E-state index contributed by atoms with van der Waals surface area (Å²) in [7, 11) is 0. The summed E-state index contributed by atoms with van der Waals surface area (Å²) in [4.78, 5) is 12.3. The van der Waals surface area contributed by atoms with E-state index in [0.29, 0.717) is 17.7 Å². The number of hydrogen-bond donors (Lipinski definition) is 2. The fourth-order valence-corrected chi connectivity index (χ4v) is 2.01. The van der Waals surface area contributed by atoms with Crippen molar-refractivity contribution in [3.63, 3.8) is 0 Å². The number of carbonyl (C=O) groups excluding carboxylic acids is 1. The highest BCUT2D eigenvalue weighted by Crippen LogP contribution is 2.22. The van der Waals surface area contributed by atoms with E-state index in [0.717, 1.165) is 19.3 Å². The topological polar surface area (TPSA) is 66.8 Å². The van der Waals surface area contributed by atoms with E-state index in [-0.39, 0.29) is 19.0 Å². The summed E-state index contributed by atoms with van der Waals surface area (Å²) < 4.78 is 5.23. The maximum Gasteiger partial charge on any atom is 0.194 e. The molecule has 0 radical (unpaired) electrons. The first-order valence-corrected chi connectivity index (χ1v) is 7.12. The highest BCUT2D eigenvalue weighted by atomic mass is 16.5. The van der Waals surface area contributed by atoms with Crippen molar-refractivity contribution in [3.8, 4) is 5.75 Å². The third-order valence-electron chi connectivity index (χ3n) is 3.23. The van der Waals surface area contributed by atoms with Crippen LogP contribution in [0.4, 0.5) is 0 Å². The molecule has 0 saturated heterocycles. The monoisotopic (exact) mass is 280 g/mol. The molecule has 0 saturated carbocycles. The quantitative estimate of drug-likeness (QED) is 0.539. The zero-order valence-corrected chi connectivity index (χ0v) is 12.3. The minimum atomic E-state index is -1.32. The van der Waals surface area contributed by atoms with Gasteiger partial charge in [-0.05, 0) is 37.6 Å². The summed E-state index contributed by atoms with van der Waals surface area (Å²) in [5, 5.41) is 18.9. The van der Waals surface area contributed by atoms with Gasteiger partial charge < -0.3 is 14.9 Å². The van der Waals surface area contributed by atoms with E-state index in [1.807, 2.05) is 0 Å². The SMILES string of the molecule is CCCCCC(C)(O)C(=O)c1ccc(OCCO)cc1. The average molecular weight is 280 g/mol. The van der Waals surface area contributed by atoms with Gasteiger partial charge in [0.15, 0.2) is 5.78 Å². The Morgan fingerprint density at radius 3 is 2.45 bits per heavy atom. The van der Waals surface area contributed by atoms with Crippen molar-refractivity contribution in [1.82, 2.24) is 0 Å². The molecule has 0 bridgehead atoms. The lowest BCUT2D eigenvalue weighted by Gasteiger charge is -2.21. The number of benzene rings is 1. The lowest BCUT2D eigenvalue weighted by atomic mass is 9.89. The fourth-order valence-electron chi connectivity index (χ4n) is 2.01. The van der Waals surface area contributed by atoms with Crippen molar-refractivity contribution in [2.75, 3.05) is 13.2 Å². The third kappa shape index (κ3) is 4.94. The highest BCUT2D eigenvalue weighted by Gasteiger charge is 2.30.